The van der Waals surface area contributed by atoms with Gasteiger partial charge < -0.3 is 21.1 Å². The summed E-state index contributed by atoms with van der Waals surface area (Å²) in [6, 6.07) is 3.27. The number of carbonyl (C=O) groups excluding carboxylic acids is 2. The fourth-order valence-corrected chi connectivity index (χ4v) is 1.03. The van der Waals surface area contributed by atoms with E-state index in [9.17, 15) is 9.59 Å². The topological polar surface area (TPSA) is 106 Å². The number of hydrogen-bond donors (Lipinski definition) is 3. The van der Waals surface area contributed by atoms with Gasteiger partial charge in [-0.1, -0.05) is 0 Å². The van der Waals surface area contributed by atoms with Gasteiger partial charge in [-0.05, 0) is 6.07 Å². The SMILES string of the molecule is COc1ccc(NC(=O)CNC(=O)CN)cn1. The van der Waals surface area contributed by atoms with Crippen molar-refractivity contribution in [2.75, 3.05) is 25.5 Å². The van der Waals surface area contributed by atoms with Crippen molar-refractivity contribution in [3.05, 3.63) is 18.3 Å². The van der Waals surface area contributed by atoms with Gasteiger partial charge in [0.15, 0.2) is 0 Å². The number of ether oxygens (including phenoxy) is 1. The highest BCUT2D eigenvalue weighted by molar-refractivity contribution is 5.94. The molecule has 0 atom stereocenters. The van der Waals surface area contributed by atoms with Crippen LogP contribution in [-0.4, -0.2) is 37.0 Å². The van der Waals surface area contributed by atoms with E-state index in [2.05, 4.69) is 15.6 Å². The number of pyridine rings is 1. The molecule has 0 fully saturated rings. The van der Waals surface area contributed by atoms with Crippen molar-refractivity contribution in [2.45, 2.75) is 0 Å². The Labute approximate surface area is 98.4 Å². The van der Waals surface area contributed by atoms with E-state index < -0.39 is 0 Å². The molecule has 1 aromatic heterocycles. The van der Waals surface area contributed by atoms with Crippen molar-refractivity contribution in [1.82, 2.24) is 10.3 Å². The number of carbonyl (C=O) groups is 2. The predicted molar refractivity (Wildman–Crippen MR) is 61.5 cm³/mol. The lowest BCUT2D eigenvalue weighted by Crippen LogP contribution is -2.36. The number of nitrogens with one attached hydrogen (secondary N) is 2. The summed E-state index contributed by atoms with van der Waals surface area (Å²) in [6.45, 7) is -0.264. The largest absolute Gasteiger partial charge is 0.481 e. The van der Waals surface area contributed by atoms with Crippen LogP contribution in [0.15, 0.2) is 18.3 Å². The average Bonchev–Trinajstić information content (AvgIpc) is 2.36. The highest BCUT2D eigenvalue weighted by Crippen LogP contribution is 2.10. The monoisotopic (exact) mass is 238 g/mol. The summed E-state index contributed by atoms with van der Waals surface area (Å²) in [5.74, 6) is -0.272. The van der Waals surface area contributed by atoms with Crippen LogP contribution in [0.2, 0.25) is 0 Å². The van der Waals surface area contributed by atoms with Crippen LogP contribution in [-0.2, 0) is 9.59 Å². The number of anilines is 1. The molecule has 0 unspecified atom stereocenters. The molecule has 0 saturated carbocycles. The van der Waals surface area contributed by atoms with Gasteiger partial charge in [0.2, 0.25) is 17.7 Å². The van der Waals surface area contributed by atoms with Gasteiger partial charge in [0.1, 0.15) is 0 Å². The van der Waals surface area contributed by atoms with Crippen molar-refractivity contribution in [3.63, 3.8) is 0 Å². The molecule has 0 saturated heterocycles. The normalized spacial score (nSPS) is 9.53. The van der Waals surface area contributed by atoms with Gasteiger partial charge in [-0.15, -0.1) is 0 Å². The molecule has 1 aromatic rings. The first-order valence-electron chi connectivity index (χ1n) is 4.92. The molecule has 0 aromatic carbocycles. The molecule has 4 N–H and O–H groups in total. The molecular weight excluding hydrogens is 224 g/mol. The van der Waals surface area contributed by atoms with Gasteiger partial charge in [-0.3, -0.25) is 9.59 Å². The molecule has 1 rings (SSSR count). The number of rotatable bonds is 5. The Morgan fingerprint density at radius 2 is 2.18 bits per heavy atom. The molecule has 0 aliphatic rings. The maximum absolute atomic E-state index is 11.4. The summed E-state index contributed by atoms with van der Waals surface area (Å²) < 4.78 is 4.87. The Hall–Kier alpha value is -2.15. The number of hydrogen-bond acceptors (Lipinski definition) is 5. The van der Waals surface area contributed by atoms with Crippen LogP contribution in [0, 0.1) is 0 Å². The Bertz CT molecular complexity index is 391. The van der Waals surface area contributed by atoms with Crippen LogP contribution >= 0.6 is 0 Å². The minimum absolute atomic E-state index is 0.123. The van der Waals surface area contributed by atoms with Crippen molar-refractivity contribution < 1.29 is 14.3 Å². The summed E-state index contributed by atoms with van der Waals surface area (Å²) >= 11 is 0. The second kappa shape index (κ2) is 6.44. The summed E-state index contributed by atoms with van der Waals surface area (Å²) in [5.41, 5.74) is 5.60. The van der Waals surface area contributed by atoms with Crippen molar-refractivity contribution in [3.8, 4) is 5.88 Å². The number of amides is 2. The van der Waals surface area contributed by atoms with E-state index in [1.165, 1.54) is 13.3 Å². The number of nitrogens with two attached hydrogens (primary N) is 1. The van der Waals surface area contributed by atoms with Crippen LogP contribution in [0.25, 0.3) is 0 Å². The van der Waals surface area contributed by atoms with E-state index in [0.29, 0.717) is 11.6 Å². The third kappa shape index (κ3) is 4.47. The fourth-order valence-electron chi connectivity index (χ4n) is 1.03. The van der Waals surface area contributed by atoms with Crippen molar-refractivity contribution in [2.24, 2.45) is 5.73 Å². The average molecular weight is 238 g/mol. The van der Waals surface area contributed by atoms with Crippen LogP contribution < -0.4 is 21.1 Å². The minimum atomic E-state index is -0.381. The molecule has 0 spiro atoms. The maximum atomic E-state index is 11.4. The molecule has 1 heterocycles. The van der Waals surface area contributed by atoms with E-state index in [1.807, 2.05) is 0 Å². The molecule has 17 heavy (non-hydrogen) atoms. The highest BCUT2D eigenvalue weighted by Gasteiger charge is 2.04. The second-order valence-electron chi connectivity index (χ2n) is 3.12. The van der Waals surface area contributed by atoms with Crippen LogP contribution in [0.4, 0.5) is 5.69 Å². The van der Waals surface area contributed by atoms with E-state index >= 15 is 0 Å². The number of methoxy groups -OCH3 is 1. The fraction of sp³-hybridized carbons (Fsp3) is 0.300. The molecule has 7 nitrogen and oxygen atoms in total. The Kier molecular flexibility index (Phi) is 4.89. The molecule has 0 aliphatic heterocycles. The molecule has 92 valence electrons. The number of aromatic nitrogens is 1. The maximum Gasteiger partial charge on any atom is 0.243 e. The molecule has 2 amide bonds. The van der Waals surface area contributed by atoms with Gasteiger partial charge in [0, 0.05) is 6.07 Å². The summed E-state index contributed by atoms with van der Waals surface area (Å²) in [4.78, 5) is 26.1. The van der Waals surface area contributed by atoms with Gasteiger partial charge >= 0.3 is 0 Å². The zero-order valence-corrected chi connectivity index (χ0v) is 9.40. The second-order valence-corrected chi connectivity index (χ2v) is 3.12. The third-order valence-electron chi connectivity index (χ3n) is 1.86. The first kappa shape index (κ1) is 12.9. The predicted octanol–water partition coefficient (Wildman–Crippen LogP) is -0.896. The zero-order chi connectivity index (χ0) is 12.7. The van der Waals surface area contributed by atoms with Crippen molar-refractivity contribution >= 4 is 17.5 Å². The van der Waals surface area contributed by atoms with E-state index in [4.69, 9.17) is 10.5 Å². The van der Waals surface area contributed by atoms with E-state index in [1.54, 1.807) is 12.1 Å². The van der Waals surface area contributed by atoms with Gasteiger partial charge in [-0.2, -0.15) is 0 Å². The third-order valence-corrected chi connectivity index (χ3v) is 1.86. The van der Waals surface area contributed by atoms with Gasteiger partial charge in [0.25, 0.3) is 0 Å². The molecular formula is C10H14N4O3. The Morgan fingerprint density at radius 1 is 1.41 bits per heavy atom. The minimum Gasteiger partial charge on any atom is -0.481 e. The first-order chi connectivity index (χ1) is 8.15. The van der Waals surface area contributed by atoms with Crippen LogP contribution in [0.5, 0.6) is 5.88 Å². The first-order valence-corrected chi connectivity index (χ1v) is 4.92. The Balaban J connectivity index is 2.42. The van der Waals surface area contributed by atoms with Gasteiger partial charge in [0.05, 0.1) is 32.1 Å². The standard InChI is InChI=1S/C10H14N4O3/c1-17-10-3-2-7(5-13-10)14-9(16)6-12-8(15)4-11/h2-3,5H,4,6,11H2,1H3,(H,12,15)(H,14,16). The highest BCUT2D eigenvalue weighted by atomic mass is 16.5. The Morgan fingerprint density at radius 3 is 2.71 bits per heavy atom. The molecule has 0 radical (unpaired) electrons. The zero-order valence-electron chi connectivity index (χ0n) is 9.40. The number of nitrogens with zero attached hydrogens (tertiary/aromatic N) is 1. The molecule has 0 aliphatic carbocycles. The summed E-state index contributed by atoms with van der Waals surface area (Å²) in [7, 11) is 1.50. The summed E-state index contributed by atoms with van der Waals surface area (Å²) in [5, 5.41) is 4.91. The lowest BCUT2D eigenvalue weighted by molar-refractivity contribution is -0.123. The quantitative estimate of drug-likeness (QED) is 0.616. The molecule has 0 bridgehead atoms. The lowest BCUT2D eigenvalue weighted by atomic mass is 10.4. The van der Waals surface area contributed by atoms with Crippen LogP contribution in [0.1, 0.15) is 0 Å². The van der Waals surface area contributed by atoms with Gasteiger partial charge in [-0.25, -0.2) is 4.98 Å². The summed E-state index contributed by atoms with van der Waals surface area (Å²) in [6.07, 6.45) is 1.46. The van der Waals surface area contributed by atoms with Crippen LogP contribution in [0.3, 0.4) is 0 Å². The molecule has 7 heteroatoms. The van der Waals surface area contributed by atoms with Crippen molar-refractivity contribution in [1.29, 1.82) is 0 Å². The van der Waals surface area contributed by atoms with E-state index in [0.717, 1.165) is 0 Å². The smallest absolute Gasteiger partial charge is 0.243 e. The lowest BCUT2D eigenvalue weighted by Gasteiger charge is -2.06. The van der Waals surface area contributed by atoms with E-state index in [-0.39, 0.29) is 24.9 Å².